The van der Waals surface area contributed by atoms with Gasteiger partial charge >= 0.3 is 0 Å². The average Bonchev–Trinajstić information content (AvgIpc) is 2.39. The van der Waals surface area contributed by atoms with Crippen molar-refractivity contribution in [1.82, 2.24) is 0 Å². The molecule has 0 spiro atoms. The Labute approximate surface area is 119 Å². The van der Waals surface area contributed by atoms with Crippen LogP contribution in [0.25, 0.3) is 0 Å². The number of hydrogen-bond donors (Lipinski definition) is 2. The largest absolute Gasteiger partial charge is 0.324 e. The van der Waals surface area contributed by atoms with Crippen molar-refractivity contribution in [2.45, 2.75) is 26.7 Å². The highest BCUT2D eigenvalue weighted by atomic mass is 35.5. The van der Waals surface area contributed by atoms with Gasteiger partial charge < -0.3 is 11.1 Å². The van der Waals surface area contributed by atoms with Crippen molar-refractivity contribution in [3.63, 3.8) is 0 Å². The van der Waals surface area contributed by atoms with Crippen molar-refractivity contribution < 1.29 is 4.79 Å². The third-order valence-electron chi connectivity index (χ3n) is 2.73. The number of halogens is 1. The molecule has 0 aliphatic rings. The second-order valence-corrected chi connectivity index (χ2v) is 4.79. The minimum absolute atomic E-state index is 0.0207. The zero-order chi connectivity index (χ0) is 14.3. The Bertz CT molecular complexity index is 503. The van der Waals surface area contributed by atoms with Gasteiger partial charge in [0.2, 0.25) is 5.91 Å². The molecule has 1 aromatic rings. The summed E-state index contributed by atoms with van der Waals surface area (Å²) in [6, 6.07) is 5.29. The zero-order valence-corrected chi connectivity index (χ0v) is 12.1. The first-order valence-corrected chi connectivity index (χ1v) is 6.75. The van der Waals surface area contributed by atoms with Crippen LogP contribution >= 0.6 is 11.6 Å². The molecule has 1 unspecified atom stereocenters. The van der Waals surface area contributed by atoms with E-state index in [0.717, 1.165) is 18.4 Å². The molecule has 0 radical (unpaired) electrons. The maximum Gasteiger partial charge on any atom is 0.227 e. The molecule has 0 saturated heterocycles. The van der Waals surface area contributed by atoms with Crippen molar-refractivity contribution in [2.75, 3.05) is 11.9 Å². The molecule has 0 fully saturated rings. The van der Waals surface area contributed by atoms with Gasteiger partial charge in [0, 0.05) is 11.5 Å². The number of carbonyl (C=O) groups is 1. The number of amides is 1. The van der Waals surface area contributed by atoms with Crippen LogP contribution in [0.1, 0.15) is 32.3 Å². The maximum atomic E-state index is 12.0. The van der Waals surface area contributed by atoms with E-state index in [4.69, 9.17) is 17.3 Å². The molecule has 1 rings (SSSR count). The summed E-state index contributed by atoms with van der Waals surface area (Å²) in [6.45, 7) is 4.27. The maximum absolute atomic E-state index is 12.0. The van der Waals surface area contributed by atoms with Crippen LogP contribution in [-0.2, 0) is 4.79 Å². The van der Waals surface area contributed by atoms with E-state index in [1.807, 2.05) is 6.92 Å². The summed E-state index contributed by atoms with van der Waals surface area (Å²) in [5, 5.41) is 3.35. The van der Waals surface area contributed by atoms with Gasteiger partial charge in [-0.2, -0.15) is 0 Å². The summed E-state index contributed by atoms with van der Waals surface area (Å²) in [4.78, 5) is 12.0. The Kier molecular flexibility index (Phi) is 6.41. The van der Waals surface area contributed by atoms with Crippen molar-refractivity contribution in [2.24, 2.45) is 11.7 Å². The molecule has 4 heteroatoms. The molecule has 1 aromatic carbocycles. The SMILES string of the molecule is CCCC(C)C(=O)Nc1cc(C#CCN)ccc1Cl. The summed E-state index contributed by atoms with van der Waals surface area (Å²) < 4.78 is 0. The average molecular weight is 279 g/mol. The van der Waals surface area contributed by atoms with Gasteiger partial charge in [-0.25, -0.2) is 0 Å². The molecular formula is C15H19ClN2O. The minimum atomic E-state index is -0.0279. The molecule has 3 nitrogen and oxygen atoms in total. The first-order valence-electron chi connectivity index (χ1n) is 6.37. The highest BCUT2D eigenvalue weighted by Gasteiger charge is 2.13. The van der Waals surface area contributed by atoms with Crippen molar-refractivity contribution >= 4 is 23.2 Å². The highest BCUT2D eigenvalue weighted by Crippen LogP contribution is 2.23. The number of nitrogens with one attached hydrogen (secondary N) is 1. The van der Waals surface area contributed by atoms with E-state index in [9.17, 15) is 4.79 Å². The Balaban J connectivity index is 2.85. The highest BCUT2D eigenvalue weighted by molar-refractivity contribution is 6.33. The molecule has 102 valence electrons. The molecule has 3 N–H and O–H groups in total. The molecule has 0 saturated carbocycles. The van der Waals surface area contributed by atoms with Crippen molar-refractivity contribution in [1.29, 1.82) is 0 Å². The van der Waals surface area contributed by atoms with Crippen LogP contribution in [0, 0.1) is 17.8 Å². The van der Waals surface area contributed by atoms with Gasteiger partial charge in [-0.15, -0.1) is 0 Å². The summed E-state index contributed by atoms with van der Waals surface area (Å²) >= 11 is 6.07. The van der Waals surface area contributed by atoms with Crippen LogP contribution in [0.2, 0.25) is 5.02 Å². The lowest BCUT2D eigenvalue weighted by atomic mass is 10.1. The predicted molar refractivity (Wildman–Crippen MR) is 80.1 cm³/mol. The fourth-order valence-corrected chi connectivity index (χ4v) is 1.84. The number of rotatable bonds is 4. The van der Waals surface area contributed by atoms with Crippen LogP contribution in [-0.4, -0.2) is 12.5 Å². The fourth-order valence-electron chi connectivity index (χ4n) is 1.67. The van der Waals surface area contributed by atoms with Crippen LogP contribution in [0.15, 0.2) is 18.2 Å². The normalized spacial score (nSPS) is 11.4. The van der Waals surface area contributed by atoms with E-state index in [0.29, 0.717) is 17.3 Å². The molecule has 1 amide bonds. The Morgan fingerprint density at radius 1 is 1.53 bits per heavy atom. The van der Waals surface area contributed by atoms with Crippen LogP contribution in [0.3, 0.4) is 0 Å². The zero-order valence-electron chi connectivity index (χ0n) is 11.3. The number of nitrogens with two attached hydrogens (primary N) is 1. The first kappa shape index (κ1) is 15.6. The molecule has 0 bridgehead atoms. The second kappa shape index (κ2) is 7.83. The van der Waals surface area contributed by atoms with Gasteiger partial charge in [-0.3, -0.25) is 4.79 Å². The van der Waals surface area contributed by atoms with Gasteiger partial charge in [-0.1, -0.05) is 43.7 Å². The quantitative estimate of drug-likeness (QED) is 0.832. The third-order valence-corrected chi connectivity index (χ3v) is 3.06. The molecular weight excluding hydrogens is 260 g/mol. The van der Waals surface area contributed by atoms with Crippen molar-refractivity contribution in [3.05, 3.63) is 28.8 Å². The fraction of sp³-hybridized carbons (Fsp3) is 0.400. The van der Waals surface area contributed by atoms with E-state index >= 15 is 0 Å². The lowest BCUT2D eigenvalue weighted by Crippen LogP contribution is -2.20. The van der Waals surface area contributed by atoms with Gasteiger partial charge in [-0.05, 0) is 24.6 Å². The van der Waals surface area contributed by atoms with Crippen LogP contribution < -0.4 is 11.1 Å². The second-order valence-electron chi connectivity index (χ2n) is 4.38. The predicted octanol–water partition coefficient (Wildman–Crippen LogP) is 3.02. The number of hydrogen-bond acceptors (Lipinski definition) is 2. The number of anilines is 1. The lowest BCUT2D eigenvalue weighted by Gasteiger charge is -2.12. The summed E-state index contributed by atoms with van der Waals surface area (Å²) in [7, 11) is 0. The molecule has 0 aliphatic carbocycles. The van der Waals surface area contributed by atoms with Gasteiger partial charge in [0.25, 0.3) is 0 Å². The van der Waals surface area contributed by atoms with Gasteiger partial charge in [0.05, 0.1) is 17.3 Å². The number of benzene rings is 1. The molecule has 19 heavy (non-hydrogen) atoms. The first-order chi connectivity index (χ1) is 9.08. The summed E-state index contributed by atoms with van der Waals surface area (Å²) in [5.74, 6) is 5.64. The van der Waals surface area contributed by atoms with Gasteiger partial charge in [0.15, 0.2) is 0 Å². The van der Waals surface area contributed by atoms with Gasteiger partial charge in [0.1, 0.15) is 0 Å². The van der Waals surface area contributed by atoms with E-state index < -0.39 is 0 Å². The molecule has 0 aliphatic heterocycles. The van der Waals surface area contributed by atoms with E-state index in [1.54, 1.807) is 18.2 Å². The lowest BCUT2D eigenvalue weighted by molar-refractivity contribution is -0.119. The van der Waals surface area contributed by atoms with Crippen LogP contribution in [0.5, 0.6) is 0 Å². The summed E-state index contributed by atoms with van der Waals surface area (Å²) in [5.41, 5.74) is 6.71. The summed E-state index contributed by atoms with van der Waals surface area (Å²) in [6.07, 6.45) is 1.83. The Hall–Kier alpha value is -1.50. The Morgan fingerprint density at radius 2 is 2.26 bits per heavy atom. The topological polar surface area (TPSA) is 55.1 Å². The number of carbonyl (C=O) groups excluding carboxylic acids is 1. The molecule has 1 atom stereocenters. The monoisotopic (exact) mass is 278 g/mol. The van der Waals surface area contributed by atoms with Crippen LogP contribution in [0.4, 0.5) is 5.69 Å². The van der Waals surface area contributed by atoms with E-state index in [2.05, 4.69) is 24.1 Å². The van der Waals surface area contributed by atoms with Crippen molar-refractivity contribution in [3.8, 4) is 11.8 Å². The molecule has 0 aromatic heterocycles. The Morgan fingerprint density at radius 3 is 2.89 bits per heavy atom. The smallest absolute Gasteiger partial charge is 0.227 e. The third kappa shape index (κ3) is 4.94. The van der Waals surface area contributed by atoms with E-state index in [1.165, 1.54) is 0 Å². The minimum Gasteiger partial charge on any atom is -0.324 e. The molecule has 0 heterocycles. The van der Waals surface area contributed by atoms with E-state index in [-0.39, 0.29) is 11.8 Å². The standard InChI is InChI=1S/C15H19ClN2O/c1-3-5-11(2)15(19)18-14-10-12(6-4-9-17)7-8-13(14)16/h7-8,10-11H,3,5,9,17H2,1-2H3,(H,18,19).